The number of aliphatic hydroxyl groups excluding tert-OH is 1. The Morgan fingerprint density at radius 2 is 2.19 bits per heavy atom. The van der Waals surface area contributed by atoms with Crippen molar-refractivity contribution < 1.29 is 13.9 Å². The smallest absolute Gasteiger partial charge is 0.143 e. The number of benzene rings is 1. The molecular weight excluding hydrogens is 275 g/mol. The summed E-state index contributed by atoms with van der Waals surface area (Å²) in [5.74, 6) is -0.418. The van der Waals surface area contributed by atoms with Crippen molar-refractivity contribution in [2.45, 2.75) is 12.5 Å². The van der Waals surface area contributed by atoms with Crippen LogP contribution >= 0.6 is 15.9 Å². The topological polar surface area (TPSA) is 33.4 Å². The predicted molar refractivity (Wildman–Crippen MR) is 61.5 cm³/mol. The molecule has 2 nitrogen and oxygen atoms in total. The van der Waals surface area contributed by atoms with E-state index in [1.807, 2.05) is 0 Å². The van der Waals surface area contributed by atoms with Crippen LogP contribution in [0.3, 0.4) is 0 Å². The van der Waals surface area contributed by atoms with Gasteiger partial charge in [0.15, 0.2) is 0 Å². The van der Waals surface area contributed by atoms with Crippen molar-refractivity contribution in [3.05, 3.63) is 58.2 Å². The summed E-state index contributed by atoms with van der Waals surface area (Å²) in [5, 5.41) is 9.90. The molecule has 0 saturated heterocycles. The average Bonchev–Trinajstić information content (AvgIpc) is 2.74. The molecule has 0 aliphatic heterocycles. The van der Waals surface area contributed by atoms with Gasteiger partial charge in [-0.25, -0.2) is 4.39 Å². The van der Waals surface area contributed by atoms with Crippen molar-refractivity contribution in [2.24, 2.45) is 0 Å². The number of hydrogen-bond acceptors (Lipinski definition) is 2. The van der Waals surface area contributed by atoms with E-state index >= 15 is 0 Å². The molecular formula is C12H10BrFO2. The maximum Gasteiger partial charge on any atom is 0.143 e. The summed E-state index contributed by atoms with van der Waals surface area (Å²) >= 11 is 3.09. The predicted octanol–water partition coefficient (Wildman–Crippen LogP) is 3.46. The maximum atomic E-state index is 13.7. The molecule has 1 aromatic heterocycles. The van der Waals surface area contributed by atoms with Crippen molar-refractivity contribution in [1.82, 2.24) is 0 Å². The van der Waals surface area contributed by atoms with Crippen LogP contribution < -0.4 is 0 Å². The molecule has 84 valence electrons. The van der Waals surface area contributed by atoms with E-state index in [2.05, 4.69) is 15.9 Å². The van der Waals surface area contributed by atoms with Gasteiger partial charge < -0.3 is 9.52 Å². The Balaban J connectivity index is 2.21. The van der Waals surface area contributed by atoms with Crippen molar-refractivity contribution in [3.63, 3.8) is 0 Å². The van der Waals surface area contributed by atoms with Crippen LogP contribution in [0.1, 0.15) is 17.2 Å². The molecule has 1 atom stereocenters. The highest BCUT2D eigenvalue weighted by molar-refractivity contribution is 9.10. The molecule has 1 heterocycles. The molecule has 1 unspecified atom stereocenters. The zero-order valence-corrected chi connectivity index (χ0v) is 9.95. The van der Waals surface area contributed by atoms with E-state index in [1.165, 1.54) is 6.26 Å². The Morgan fingerprint density at radius 3 is 2.88 bits per heavy atom. The Labute approximate surface area is 101 Å². The normalized spacial score (nSPS) is 12.7. The minimum atomic E-state index is -0.866. The fourth-order valence-corrected chi connectivity index (χ4v) is 1.90. The van der Waals surface area contributed by atoms with Gasteiger partial charge in [-0.1, -0.05) is 12.1 Å². The number of aliphatic hydroxyl groups is 1. The maximum absolute atomic E-state index is 13.7. The summed E-state index contributed by atoms with van der Waals surface area (Å²) in [6, 6.07) is 6.62. The Kier molecular flexibility index (Phi) is 3.41. The first kappa shape index (κ1) is 11.4. The first-order valence-electron chi connectivity index (χ1n) is 4.81. The van der Waals surface area contributed by atoms with Gasteiger partial charge in [-0.15, -0.1) is 0 Å². The molecule has 0 aliphatic rings. The summed E-state index contributed by atoms with van der Waals surface area (Å²) in [7, 11) is 0. The summed E-state index contributed by atoms with van der Waals surface area (Å²) in [5.41, 5.74) is 1.13. The van der Waals surface area contributed by atoms with E-state index in [1.54, 1.807) is 30.5 Å². The molecule has 4 heteroatoms. The molecule has 0 amide bonds. The van der Waals surface area contributed by atoms with Gasteiger partial charge in [-0.2, -0.15) is 0 Å². The fourth-order valence-electron chi connectivity index (χ4n) is 1.52. The highest BCUT2D eigenvalue weighted by Gasteiger charge is 2.15. The molecule has 1 N–H and O–H groups in total. The second kappa shape index (κ2) is 4.80. The summed E-state index contributed by atoms with van der Waals surface area (Å²) in [6.45, 7) is 0. The number of rotatable bonds is 3. The van der Waals surface area contributed by atoms with Crippen LogP contribution in [0.4, 0.5) is 4.39 Å². The molecule has 2 aromatic rings. The van der Waals surface area contributed by atoms with Gasteiger partial charge in [0.1, 0.15) is 5.82 Å². The van der Waals surface area contributed by atoms with Crippen LogP contribution in [0.2, 0.25) is 0 Å². The Bertz CT molecular complexity index is 468. The van der Waals surface area contributed by atoms with Gasteiger partial charge in [0, 0.05) is 12.0 Å². The van der Waals surface area contributed by atoms with Gasteiger partial charge >= 0.3 is 0 Å². The molecule has 1 aromatic carbocycles. The molecule has 0 saturated carbocycles. The minimum absolute atomic E-state index is 0.288. The van der Waals surface area contributed by atoms with Crippen LogP contribution in [0.5, 0.6) is 0 Å². The van der Waals surface area contributed by atoms with Gasteiger partial charge in [-0.3, -0.25) is 0 Å². The number of hydrogen-bond donors (Lipinski definition) is 1. The van der Waals surface area contributed by atoms with Crippen LogP contribution in [0.15, 0.2) is 45.7 Å². The quantitative estimate of drug-likeness (QED) is 0.937. The van der Waals surface area contributed by atoms with Gasteiger partial charge in [-0.05, 0) is 33.6 Å². The highest BCUT2D eigenvalue weighted by atomic mass is 79.9. The van der Waals surface area contributed by atoms with Crippen molar-refractivity contribution >= 4 is 15.9 Å². The van der Waals surface area contributed by atoms with E-state index in [9.17, 15) is 9.50 Å². The molecule has 0 fully saturated rings. The number of furan rings is 1. The van der Waals surface area contributed by atoms with Crippen LogP contribution in [-0.4, -0.2) is 5.11 Å². The number of halogens is 2. The van der Waals surface area contributed by atoms with E-state index in [0.717, 1.165) is 5.56 Å². The van der Waals surface area contributed by atoms with Gasteiger partial charge in [0.25, 0.3) is 0 Å². The molecule has 0 spiro atoms. The third-order valence-corrected chi connectivity index (χ3v) is 2.96. The summed E-state index contributed by atoms with van der Waals surface area (Å²) < 4.78 is 18.9. The monoisotopic (exact) mass is 284 g/mol. The molecule has 2 rings (SSSR count). The summed E-state index contributed by atoms with van der Waals surface area (Å²) in [4.78, 5) is 0. The second-order valence-electron chi connectivity index (χ2n) is 3.49. The first-order valence-corrected chi connectivity index (χ1v) is 5.61. The van der Waals surface area contributed by atoms with Gasteiger partial charge in [0.2, 0.25) is 0 Å². The third-order valence-electron chi connectivity index (χ3n) is 2.35. The SMILES string of the molecule is OC(Cc1ccoc1)c1cccc(Br)c1F. The Morgan fingerprint density at radius 1 is 1.38 bits per heavy atom. The lowest BCUT2D eigenvalue weighted by Gasteiger charge is -2.11. The molecule has 0 bridgehead atoms. The lowest BCUT2D eigenvalue weighted by atomic mass is 10.0. The zero-order valence-electron chi connectivity index (χ0n) is 8.36. The van der Waals surface area contributed by atoms with Crippen molar-refractivity contribution in [3.8, 4) is 0 Å². The van der Waals surface area contributed by atoms with Crippen molar-refractivity contribution in [2.75, 3.05) is 0 Å². The fraction of sp³-hybridized carbons (Fsp3) is 0.167. The minimum Gasteiger partial charge on any atom is -0.472 e. The Hall–Kier alpha value is -1.13. The molecule has 0 radical (unpaired) electrons. The zero-order chi connectivity index (χ0) is 11.5. The van der Waals surface area contributed by atoms with E-state index in [4.69, 9.17) is 4.42 Å². The first-order chi connectivity index (χ1) is 7.68. The molecule has 16 heavy (non-hydrogen) atoms. The second-order valence-corrected chi connectivity index (χ2v) is 4.35. The van der Waals surface area contributed by atoms with E-state index in [-0.39, 0.29) is 5.56 Å². The van der Waals surface area contributed by atoms with Gasteiger partial charge in [0.05, 0.1) is 23.1 Å². The van der Waals surface area contributed by atoms with E-state index in [0.29, 0.717) is 10.9 Å². The highest BCUT2D eigenvalue weighted by Crippen LogP contribution is 2.26. The van der Waals surface area contributed by atoms with Crippen LogP contribution in [-0.2, 0) is 6.42 Å². The van der Waals surface area contributed by atoms with Crippen LogP contribution in [0, 0.1) is 5.82 Å². The van der Waals surface area contributed by atoms with E-state index < -0.39 is 11.9 Å². The largest absolute Gasteiger partial charge is 0.472 e. The standard InChI is InChI=1S/C12H10BrFO2/c13-10-3-1-2-9(12(10)14)11(15)6-8-4-5-16-7-8/h1-5,7,11,15H,6H2. The van der Waals surface area contributed by atoms with Crippen LogP contribution in [0.25, 0.3) is 0 Å². The lowest BCUT2D eigenvalue weighted by Crippen LogP contribution is -2.04. The average molecular weight is 285 g/mol. The van der Waals surface area contributed by atoms with Crippen molar-refractivity contribution in [1.29, 1.82) is 0 Å². The summed E-state index contributed by atoms with van der Waals surface area (Å²) in [6.07, 6.45) is 2.54. The molecule has 0 aliphatic carbocycles. The lowest BCUT2D eigenvalue weighted by molar-refractivity contribution is 0.173. The third kappa shape index (κ3) is 2.33.